The molecule has 18 nitrogen and oxygen atoms in total. The van der Waals surface area contributed by atoms with Crippen molar-refractivity contribution in [3.63, 3.8) is 0 Å². The average molecular weight is 1030 g/mol. The van der Waals surface area contributed by atoms with Gasteiger partial charge in [0.25, 0.3) is 11.8 Å². The van der Waals surface area contributed by atoms with Gasteiger partial charge in [-0.25, -0.2) is 13.8 Å². The van der Waals surface area contributed by atoms with Gasteiger partial charge < -0.3 is 35.1 Å². The van der Waals surface area contributed by atoms with Gasteiger partial charge >= 0.3 is 6.01 Å². The number of nitrogens with zero attached hydrogens (tertiary/aromatic N) is 7. The van der Waals surface area contributed by atoms with Gasteiger partial charge in [-0.05, 0) is 94.7 Å². The van der Waals surface area contributed by atoms with E-state index in [1.54, 1.807) is 24.3 Å². The van der Waals surface area contributed by atoms with E-state index >= 15 is 4.39 Å². The molecule has 22 heteroatoms. The predicted molar refractivity (Wildman–Crippen MR) is 264 cm³/mol. The minimum atomic E-state index is -1.04. The summed E-state index contributed by atoms with van der Waals surface area (Å²) in [5.41, 5.74) is 6.85. The van der Waals surface area contributed by atoms with E-state index in [1.165, 1.54) is 12.1 Å². The monoisotopic (exact) mass is 1030 g/mol. The first-order chi connectivity index (χ1) is 34.9. The van der Waals surface area contributed by atoms with Crippen molar-refractivity contribution in [2.45, 2.75) is 87.4 Å². The maximum atomic E-state index is 17.3. The molecule has 0 saturated carbocycles. The molecule has 0 aliphatic carbocycles. The largest absolute Gasteiger partial charge is 0.461 e. The number of carbonyl (C=O) groups excluding carboxylic acids is 5. The number of imide groups is 2. The minimum Gasteiger partial charge on any atom is -0.461 e. The third-order valence-electron chi connectivity index (χ3n) is 15.5. The lowest BCUT2D eigenvalue weighted by Crippen LogP contribution is -2.59. The average Bonchev–Trinajstić information content (AvgIpc) is 4.05. The summed E-state index contributed by atoms with van der Waals surface area (Å²) in [6, 6.07) is 8.29. The zero-order valence-corrected chi connectivity index (χ0v) is 40.9. The van der Waals surface area contributed by atoms with Gasteiger partial charge in [0.1, 0.15) is 29.8 Å². The predicted octanol–water partition coefficient (Wildman–Crippen LogP) is 5.93. The highest BCUT2D eigenvalue weighted by atomic mass is 35.5. The van der Waals surface area contributed by atoms with Crippen molar-refractivity contribution >= 4 is 90.7 Å². The highest BCUT2D eigenvalue weighted by molar-refractivity contribution is 7.22. The number of rotatable bonds is 16. The van der Waals surface area contributed by atoms with Crippen molar-refractivity contribution in [2.75, 3.05) is 81.6 Å². The van der Waals surface area contributed by atoms with Crippen LogP contribution in [0.15, 0.2) is 36.4 Å². The molecule has 8 heterocycles. The van der Waals surface area contributed by atoms with Crippen LogP contribution in [0.25, 0.3) is 32.2 Å². The number of nitrogens with one attached hydrogen (secondary N) is 2. The molecule has 5 amide bonds. The summed E-state index contributed by atoms with van der Waals surface area (Å²) >= 11 is 7.93. The first kappa shape index (κ1) is 48.2. The molecule has 6 aliphatic rings. The van der Waals surface area contributed by atoms with Crippen LogP contribution in [0.4, 0.5) is 25.4 Å². The number of carbonyl (C=O) groups is 5. The van der Waals surface area contributed by atoms with Crippen LogP contribution in [0.1, 0.15) is 84.9 Å². The summed E-state index contributed by atoms with van der Waals surface area (Å²) in [6.45, 7) is 5.35. The Balaban J connectivity index is 0.733. The Bertz CT molecular complexity index is 3040. The summed E-state index contributed by atoms with van der Waals surface area (Å²) < 4.78 is 51.2. The van der Waals surface area contributed by atoms with Gasteiger partial charge in [0.05, 0.1) is 51.2 Å². The van der Waals surface area contributed by atoms with Crippen molar-refractivity contribution in [1.82, 2.24) is 35.0 Å². The molecule has 1 spiro atoms. The fourth-order valence-electron chi connectivity index (χ4n) is 11.8. The molecule has 2 aromatic heterocycles. The Labute approximate surface area is 421 Å². The molecule has 5 fully saturated rings. The highest BCUT2D eigenvalue weighted by Gasteiger charge is 2.50. The van der Waals surface area contributed by atoms with Gasteiger partial charge in [0.2, 0.25) is 18.2 Å². The van der Waals surface area contributed by atoms with Crippen molar-refractivity contribution < 1.29 is 47.0 Å². The molecule has 3 aromatic carbocycles. The number of hydrogen-bond acceptors (Lipinski definition) is 16. The topological polar surface area (TPSA) is 215 Å². The number of benzene rings is 3. The Kier molecular flexibility index (Phi) is 13.0. The zero-order valence-electron chi connectivity index (χ0n) is 39.4. The number of nitrogen functional groups attached to an aromatic ring is 1. The maximum Gasteiger partial charge on any atom is 0.319 e. The van der Waals surface area contributed by atoms with Crippen molar-refractivity contribution in [1.29, 1.82) is 0 Å². The first-order valence-electron chi connectivity index (χ1n) is 24.5. The Morgan fingerprint density at radius 3 is 2.60 bits per heavy atom. The highest BCUT2D eigenvalue weighted by Crippen LogP contribution is 2.46. The fourth-order valence-corrected chi connectivity index (χ4v) is 12.8. The number of hydrogen-bond donors (Lipinski definition) is 3. The summed E-state index contributed by atoms with van der Waals surface area (Å²) in [4.78, 5) is 84.1. The van der Waals surface area contributed by atoms with E-state index in [4.69, 9.17) is 41.5 Å². The van der Waals surface area contributed by atoms with Crippen molar-refractivity contribution in [3.05, 3.63) is 64.2 Å². The molecule has 6 aliphatic heterocycles. The SMILES string of the molecule is Nc1nc2c(-c3c(Cl)cc4c(N5CCCC6(CC5)CCN6C=O)nc(OC[C@@]56CCCN5C[C@H](OCCOCCCNc5cccc7c5C(=O)N(C5CCC(=O)NC5=O)C7=O)C6)nc4c3F)ccc(F)c2s1. The number of likely N-dealkylation sites (tertiary alicyclic amines) is 1. The second kappa shape index (κ2) is 19.4. The van der Waals surface area contributed by atoms with Crippen LogP contribution >= 0.6 is 22.9 Å². The Morgan fingerprint density at radius 1 is 0.931 bits per heavy atom. The fraction of sp³-hybridized carbons (Fsp3) is 0.480. The van der Waals surface area contributed by atoms with Crippen LogP contribution in [0.2, 0.25) is 5.02 Å². The molecule has 11 rings (SSSR count). The molecular formula is C50H53ClF2N10O8S. The van der Waals surface area contributed by atoms with E-state index in [0.29, 0.717) is 75.7 Å². The van der Waals surface area contributed by atoms with Crippen LogP contribution in [0, 0.1) is 11.6 Å². The van der Waals surface area contributed by atoms with Crippen LogP contribution in [-0.4, -0.2) is 149 Å². The standard InChI is InChI=1S/C50H53ClF2N10O8S/c51-32-23-31-40(39(53)37(32)29-7-8-33(52)42-41(29)57-47(54)72-42)58-48(59-43(31)60-16-2-11-49(13-18-60)14-19-62(49)27-64)71-26-50-12-3-17-61(50)25-28(24-50)70-22-21-69-20-4-15-55-34-6-1-5-30-38(34)46(68)63(45(30)67)35-9-10-36(65)56-44(35)66/h1,5-8,23,27-28,35,55H,2-4,9-22,24-26H2,(H2,54,57)(H,56,65,66)/t28-,35?,49?,50+/m1/s1. The maximum absolute atomic E-state index is 17.3. The molecule has 0 bridgehead atoms. The van der Waals surface area contributed by atoms with Crippen LogP contribution < -0.4 is 26.0 Å². The van der Waals surface area contributed by atoms with Gasteiger partial charge in [0, 0.05) is 73.5 Å². The van der Waals surface area contributed by atoms with Gasteiger partial charge in [-0.15, -0.1) is 0 Å². The normalized spacial score (nSPS) is 24.3. The Hall–Kier alpha value is -6.13. The number of nitrogens with two attached hydrogens (primary N) is 1. The third kappa shape index (κ3) is 8.55. The van der Waals surface area contributed by atoms with E-state index < -0.39 is 41.3 Å². The van der Waals surface area contributed by atoms with Gasteiger partial charge in [0.15, 0.2) is 10.9 Å². The van der Waals surface area contributed by atoms with Crippen molar-refractivity contribution in [3.8, 4) is 17.1 Å². The van der Waals surface area contributed by atoms with E-state index in [0.717, 1.165) is 74.3 Å². The first-order valence-corrected chi connectivity index (χ1v) is 25.7. The number of fused-ring (bicyclic) bond motifs is 4. The number of anilines is 3. The Morgan fingerprint density at radius 2 is 1.78 bits per heavy atom. The smallest absolute Gasteiger partial charge is 0.319 e. The number of amides is 5. The second-order valence-corrected chi connectivity index (χ2v) is 21.0. The number of thiazole rings is 1. The van der Waals surface area contributed by atoms with E-state index in [1.807, 2.05) is 4.90 Å². The van der Waals surface area contributed by atoms with E-state index in [-0.39, 0.29) is 90.8 Å². The van der Waals surface area contributed by atoms with Crippen LogP contribution in [0.5, 0.6) is 6.01 Å². The van der Waals surface area contributed by atoms with Crippen LogP contribution in [-0.2, 0) is 23.9 Å². The summed E-state index contributed by atoms with van der Waals surface area (Å²) in [6.07, 6.45) is 7.41. The summed E-state index contributed by atoms with van der Waals surface area (Å²) in [7, 11) is 0. The van der Waals surface area contributed by atoms with E-state index in [9.17, 15) is 28.4 Å². The minimum absolute atomic E-state index is 0.00456. The molecule has 2 unspecified atom stereocenters. The van der Waals surface area contributed by atoms with Gasteiger partial charge in [-0.1, -0.05) is 29.0 Å². The molecule has 5 aromatic rings. The lowest BCUT2D eigenvalue weighted by molar-refractivity contribution is -0.136. The summed E-state index contributed by atoms with van der Waals surface area (Å²) in [5.74, 6) is -2.97. The summed E-state index contributed by atoms with van der Waals surface area (Å²) in [5, 5.41) is 6.09. The quantitative estimate of drug-likeness (QED) is 0.0593. The molecule has 378 valence electrons. The third-order valence-corrected chi connectivity index (χ3v) is 16.7. The molecule has 4 N–H and O–H groups in total. The van der Waals surface area contributed by atoms with Gasteiger partial charge in [-0.3, -0.25) is 39.1 Å². The number of ether oxygens (including phenoxy) is 3. The number of aromatic nitrogens is 3. The molecule has 0 radical (unpaired) electrons. The molecular weight excluding hydrogens is 974 g/mol. The number of halogens is 3. The number of piperidine rings is 1. The van der Waals surface area contributed by atoms with Crippen molar-refractivity contribution in [2.24, 2.45) is 0 Å². The lowest BCUT2D eigenvalue weighted by atomic mass is 9.79. The van der Waals surface area contributed by atoms with Gasteiger partial charge in [-0.2, -0.15) is 9.97 Å². The lowest BCUT2D eigenvalue weighted by Gasteiger charge is -2.51. The second-order valence-electron chi connectivity index (χ2n) is 19.5. The van der Waals surface area contributed by atoms with E-state index in [2.05, 4.69) is 25.4 Å². The molecule has 72 heavy (non-hydrogen) atoms. The molecule has 5 saturated heterocycles. The molecule has 4 atom stereocenters. The van der Waals surface area contributed by atoms with Crippen LogP contribution in [0.3, 0.4) is 0 Å². The zero-order chi connectivity index (χ0) is 49.9.